The quantitative estimate of drug-likeness (QED) is 0.221. The van der Waals surface area contributed by atoms with Gasteiger partial charge in [0.2, 0.25) is 0 Å². The Hall–Kier alpha value is -5.29. The largest absolute Gasteiger partial charge is 0.478 e. The van der Waals surface area contributed by atoms with Crippen LogP contribution in [0.25, 0.3) is 22.3 Å². The summed E-state index contributed by atoms with van der Waals surface area (Å²) in [7, 11) is 0. The van der Waals surface area contributed by atoms with E-state index < -0.39 is 5.97 Å². The lowest BCUT2D eigenvalue weighted by atomic mass is 10.0. The van der Waals surface area contributed by atoms with E-state index in [1.807, 2.05) is 72.8 Å². The Morgan fingerprint density at radius 3 is 1.05 bits per heavy atom. The Morgan fingerprint density at radius 1 is 0.474 bits per heavy atom. The van der Waals surface area contributed by atoms with Crippen LogP contribution >= 0.6 is 0 Å². The molecule has 38 heavy (non-hydrogen) atoms. The monoisotopic (exact) mass is 497 g/mol. The molecule has 5 nitrogen and oxygen atoms in total. The Kier molecular flexibility index (Phi) is 6.91. The number of nitrogens with zero attached hydrogens (tertiary/aromatic N) is 1. The van der Waals surface area contributed by atoms with E-state index in [2.05, 4.69) is 4.90 Å². The van der Waals surface area contributed by atoms with Crippen LogP contribution in [0.1, 0.15) is 31.1 Å². The number of anilines is 3. The fraction of sp³-hybridized carbons (Fsp3) is 0. The van der Waals surface area contributed by atoms with Gasteiger partial charge in [-0.3, -0.25) is 9.59 Å². The topological polar surface area (TPSA) is 74.7 Å². The summed E-state index contributed by atoms with van der Waals surface area (Å²) in [5, 5.41) is 9.34. The van der Waals surface area contributed by atoms with Gasteiger partial charge < -0.3 is 10.0 Å². The second-order valence-corrected chi connectivity index (χ2v) is 8.76. The van der Waals surface area contributed by atoms with Crippen LogP contribution in [0.15, 0.2) is 121 Å². The van der Waals surface area contributed by atoms with Crippen molar-refractivity contribution in [3.05, 3.63) is 138 Å². The van der Waals surface area contributed by atoms with Gasteiger partial charge >= 0.3 is 5.97 Å². The zero-order valence-corrected chi connectivity index (χ0v) is 20.3. The van der Waals surface area contributed by atoms with Crippen molar-refractivity contribution < 1.29 is 19.5 Å². The first-order valence-corrected chi connectivity index (χ1v) is 12.0. The molecular formula is C33H23NO4. The average Bonchev–Trinajstić information content (AvgIpc) is 2.98. The molecule has 5 rings (SSSR count). The summed E-state index contributed by atoms with van der Waals surface area (Å²) in [5.41, 5.74) is 8.15. The maximum absolute atomic E-state index is 11.4. The summed E-state index contributed by atoms with van der Waals surface area (Å²) < 4.78 is 0. The van der Waals surface area contributed by atoms with Gasteiger partial charge in [-0.15, -0.1) is 0 Å². The maximum Gasteiger partial charge on any atom is 0.335 e. The predicted molar refractivity (Wildman–Crippen MR) is 150 cm³/mol. The van der Waals surface area contributed by atoms with E-state index in [-0.39, 0.29) is 5.56 Å². The van der Waals surface area contributed by atoms with Gasteiger partial charge in [-0.25, -0.2) is 4.79 Å². The Balaban J connectivity index is 1.51. The lowest BCUT2D eigenvalue weighted by Gasteiger charge is -2.26. The van der Waals surface area contributed by atoms with Crippen molar-refractivity contribution >= 4 is 35.6 Å². The highest BCUT2D eigenvalue weighted by Crippen LogP contribution is 2.36. The van der Waals surface area contributed by atoms with Crippen LogP contribution in [0.4, 0.5) is 17.1 Å². The average molecular weight is 498 g/mol. The minimum atomic E-state index is -0.974. The number of benzene rings is 5. The summed E-state index contributed by atoms with van der Waals surface area (Å²) in [6.45, 7) is 0. The number of carbonyl (C=O) groups is 3. The summed E-state index contributed by atoms with van der Waals surface area (Å²) >= 11 is 0. The van der Waals surface area contributed by atoms with Crippen LogP contribution in [0.2, 0.25) is 0 Å². The van der Waals surface area contributed by atoms with Crippen molar-refractivity contribution in [3.63, 3.8) is 0 Å². The Morgan fingerprint density at radius 2 is 0.763 bits per heavy atom. The van der Waals surface area contributed by atoms with Gasteiger partial charge in [-0.1, -0.05) is 72.8 Å². The van der Waals surface area contributed by atoms with Gasteiger partial charge in [-0.2, -0.15) is 0 Å². The van der Waals surface area contributed by atoms with Crippen molar-refractivity contribution in [2.45, 2.75) is 0 Å². The van der Waals surface area contributed by atoms with Crippen LogP contribution in [0.3, 0.4) is 0 Å². The molecule has 5 aromatic rings. The summed E-state index contributed by atoms with van der Waals surface area (Å²) in [4.78, 5) is 35.4. The van der Waals surface area contributed by atoms with E-state index in [1.54, 1.807) is 48.5 Å². The molecule has 0 unspecified atom stereocenters. The standard InChI is InChI=1S/C33H23NO4/c35-21-23-1-5-25(6-2-23)27-9-15-30(16-10-27)34(32-19-13-29(14-20-32)33(37)38)31-17-11-28(12-18-31)26-7-3-24(22-36)4-8-26/h1-22H,(H,37,38). The predicted octanol–water partition coefficient (Wildman–Crippen LogP) is 7.81. The molecule has 0 aromatic heterocycles. The fourth-order valence-corrected chi connectivity index (χ4v) is 4.31. The lowest BCUT2D eigenvalue weighted by Crippen LogP contribution is -2.10. The van der Waals surface area contributed by atoms with E-state index in [9.17, 15) is 19.5 Å². The van der Waals surface area contributed by atoms with Crippen molar-refractivity contribution in [3.8, 4) is 22.3 Å². The van der Waals surface area contributed by atoms with E-state index in [1.165, 1.54) is 0 Å². The number of carboxylic acids is 1. The van der Waals surface area contributed by atoms with Gasteiger partial charge in [0.25, 0.3) is 0 Å². The van der Waals surface area contributed by atoms with Gasteiger partial charge in [-0.05, 0) is 70.8 Å². The number of hydrogen-bond donors (Lipinski definition) is 1. The van der Waals surface area contributed by atoms with Gasteiger partial charge in [0.05, 0.1) is 5.56 Å². The number of carbonyl (C=O) groups excluding carboxylic acids is 2. The van der Waals surface area contributed by atoms with Gasteiger partial charge in [0.1, 0.15) is 12.6 Å². The zero-order chi connectivity index (χ0) is 26.5. The molecule has 0 bridgehead atoms. The van der Waals surface area contributed by atoms with E-state index in [0.717, 1.165) is 51.9 Å². The third-order valence-electron chi connectivity index (χ3n) is 6.38. The minimum absolute atomic E-state index is 0.219. The highest BCUT2D eigenvalue weighted by atomic mass is 16.4. The first kappa shape index (κ1) is 24.4. The molecule has 5 heteroatoms. The van der Waals surface area contributed by atoms with Crippen LogP contribution < -0.4 is 4.90 Å². The molecule has 184 valence electrons. The highest BCUT2D eigenvalue weighted by molar-refractivity contribution is 5.89. The van der Waals surface area contributed by atoms with Crippen molar-refractivity contribution in [2.75, 3.05) is 4.90 Å². The molecule has 0 radical (unpaired) electrons. The van der Waals surface area contributed by atoms with Crippen LogP contribution in [-0.4, -0.2) is 23.6 Å². The minimum Gasteiger partial charge on any atom is -0.478 e. The van der Waals surface area contributed by atoms with E-state index >= 15 is 0 Å². The molecule has 0 aliphatic carbocycles. The van der Waals surface area contributed by atoms with Crippen LogP contribution in [0, 0.1) is 0 Å². The second-order valence-electron chi connectivity index (χ2n) is 8.76. The first-order chi connectivity index (χ1) is 18.6. The lowest BCUT2D eigenvalue weighted by molar-refractivity contribution is 0.0696. The summed E-state index contributed by atoms with van der Waals surface area (Å²) in [6.07, 6.45) is 1.65. The molecule has 0 atom stereocenters. The number of aldehydes is 2. The number of hydrogen-bond acceptors (Lipinski definition) is 4. The molecule has 0 fully saturated rings. The smallest absolute Gasteiger partial charge is 0.335 e. The maximum atomic E-state index is 11.4. The second kappa shape index (κ2) is 10.8. The van der Waals surface area contributed by atoms with Crippen molar-refractivity contribution in [1.29, 1.82) is 0 Å². The van der Waals surface area contributed by atoms with Crippen LogP contribution in [0.5, 0.6) is 0 Å². The number of aromatic carboxylic acids is 1. The third kappa shape index (κ3) is 5.13. The van der Waals surface area contributed by atoms with Crippen molar-refractivity contribution in [2.24, 2.45) is 0 Å². The molecule has 0 amide bonds. The summed E-state index contributed by atoms with van der Waals surface area (Å²) in [6, 6.07) is 37.8. The first-order valence-electron chi connectivity index (χ1n) is 12.0. The van der Waals surface area contributed by atoms with Gasteiger partial charge in [0, 0.05) is 28.2 Å². The van der Waals surface area contributed by atoms with Gasteiger partial charge in [0.15, 0.2) is 0 Å². The molecule has 5 aromatic carbocycles. The third-order valence-corrected chi connectivity index (χ3v) is 6.38. The highest BCUT2D eigenvalue weighted by Gasteiger charge is 2.14. The molecule has 0 aliphatic rings. The van der Waals surface area contributed by atoms with E-state index in [0.29, 0.717) is 11.1 Å². The molecular weight excluding hydrogens is 474 g/mol. The Bertz CT molecular complexity index is 1480. The number of carboxylic acid groups (broad SMARTS) is 1. The molecule has 0 aliphatic heterocycles. The fourth-order valence-electron chi connectivity index (χ4n) is 4.31. The molecule has 1 N–H and O–H groups in total. The normalized spacial score (nSPS) is 10.5. The molecule has 0 heterocycles. The zero-order valence-electron chi connectivity index (χ0n) is 20.3. The van der Waals surface area contributed by atoms with Crippen molar-refractivity contribution in [1.82, 2.24) is 0 Å². The van der Waals surface area contributed by atoms with Crippen LogP contribution in [-0.2, 0) is 0 Å². The summed E-state index contributed by atoms with van der Waals surface area (Å²) in [5.74, 6) is -0.974. The van der Waals surface area contributed by atoms with E-state index in [4.69, 9.17) is 0 Å². The SMILES string of the molecule is O=Cc1ccc(-c2ccc(N(c3ccc(C(=O)O)cc3)c3ccc(-c4ccc(C=O)cc4)cc3)cc2)cc1. The number of rotatable bonds is 8. The molecule has 0 spiro atoms. The molecule has 0 saturated carbocycles. The molecule has 0 saturated heterocycles. The Labute approximate surface area is 220 Å².